The third kappa shape index (κ3) is 9.24. The van der Waals surface area contributed by atoms with Crippen molar-refractivity contribution < 1.29 is 28.5 Å². The van der Waals surface area contributed by atoms with Crippen LogP contribution in [0.4, 0.5) is 0 Å². The number of esters is 1. The Labute approximate surface area is 184 Å². The molecule has 1 unspecified atom stereocenters. The van der Waals surface area contributed by atoms with Crippen molar-refractivity contribution in [1.29, 1.82) is 0 Å². The van der Waals surface area contributed by atoms with E-state index in [2.05, 4.69) is 43.4 Å². The predicted molar refractivity (Wildman–Crippen MR) is 118 cm³/mol. The molecule has 0 saturated carbocycles. The van der Waals surface area contributed by atoms with Crippen LogP contribution in [-0.2, 0) is 28.5 Å². The van der Waals surface area contributed by atoms with E-state index in [4.69, 9.17) is 23.7 Å². The summed E-state index contributed by atoms with van der Waals surface area (Å²) in [5, 5.41) is 0. The van der Waals surface area contributed by atoms with Gasteiger partial charge in [-0.3, -0.25) is 4.79 Å². The molecule has 1 saturated heterocycles. The number of alkyl halides is 1. The normalized spacial score (nSPS) is 27.7. The lowest BCUT2D eigenvalue weighted by atomic mass is 9.91. The van der Waals surface area contributed by atoms with Gasteiger partial charge >= 0.3 is 5.97 Å². The lowest BCUT2D eigenvalue weighted by molar-refractivity contribution is -0.289. The van der Waals surface area contributed by atoms with Gasteiger partial charge in [-0.1, -0.05) is 62.6 Å². The lowest BCUT2D eigenvalue weighted by Gasteiger charge is -2.45. The molecule has 1 aliphatic rings. The van der Waals surface area contributed by atoms with E-state index in [0.717, 1.165) is 43.0 Å². The number of unbranched alkanes of at least 4 members (excludes halogenated alkanes) is 3. The van der Waals surface area contributed by atoms with Gasteiger partial charge in [0.25, 0.3) is 0 Å². The number of rotatable bonds is 15. The molecular weight excluding hydrogens is 475 g/mol. The monoisotopic (exact) mass is 514 g/mol. The highest BCUT2D eigenvalue weighted by atomic mass is 127. The summed E-state index contributed by atoms with van der Waals surface area (Å²) < 4.78 is 30.8. The minimum Gasteiger partial charge on any atom is -0.435 e. The SMILES string of the molecule is CCCCOC[C@H]1OC(OC(C)=O)[C@H](CI)[C@@H](OCCCC)[C@H]1OCCCC. The number of ether oxygens (including phenoxy) is 5. The minimum atomic E-state index is -0.633. The Kier molecular flexibility index (Phi) is 14.7. The molecule has 0 aromatic heterocycles. The summed E-state index contributed by atoms with van der Waals surface area (Å²) in [5.41, 5.74) is 0. The number of halogens is 1. The molecule has 0 spiro atoms. The largest absolute Gasteiger partial charge is 0.435 e. The Morgan fingerprint density at radius 3 is 2.04 bits per heavy atom. The van der Waals surface area contributed by atoms with Crippen LogP contribution in [0.3, 0.4) is 0 Å². The zero-order chi connectivity index (χ0) is 20.8. The third-order valence-corrected chi connectivity index (χ3v) is 5.79. The van der Waals surface area contributed by atoms with E-state index in [1.54, 1.807) is 0 Å². The van der Waals surface area contributed by atoms with Crippen LogP contribution in [0.5, 0.6) is 0 Å². The average molecular weight is 514 g/mol. The van der Waals surface area contributed by atoms with E-state index < -0.39 is 6.29 Å². The molecule has 1 fully saturated rings. The highest BCUT2D eigenvalue weighted by Gasteiger charge is 2.48. The maximum Gasteiger partial charge on any atom is 0.304 e. The number of hydrogen-bond donors (Lipinski definition) is 0. The minimum absolute atomic E-state index is 0.0696. The topological polar surface area (TPSA) is 63.2 Å². The Morgan fingerprint density at radius 1 is 0.929 bits per heavy atom. The number of hydrogen-bond acceptors (Lipinski definition) is 6. The molecule has 1 heterocycles. The average Bonchev–Trinajstić information content (AvgIpc) is 2.66. The highest BCUT2D eigenvalue weighted by molar-refractivity contribution is 14.1. The van der Waals surface area contributed by atoms with E-state index in [1.807, 2.05) is 0 Å². The first-order valence-electron chi connectivity index (χ1n) is 10.8. The van der Waals surface area contributed by atoms with Crippen molar-refractivity contribution in [1.82, 2.24) is 0 Å². The molecule has 0 aromatic carbocycles. The molecular formula is C21H39IO6. The van der Waals surface area contributed by atoms with Crippen LogP contribution >= 0.6 is 22.6 Å². The fourth-order valence-electron chi connectivity index (χ4n) is 3.13. The maximum atomic E-state index is 11.6. The van der Waals surface area contributed by atoms with Crippen LogP contribution in [0.15, 0.2) is 0 Å². The van der Waals surface area contributed by atoms with Crippen molar-refractivity contribution >= 4 is 28.6 Å². The molecule has 1 rings (SSSR count). The molecule has 0 N–H and O–H groups in total. The smallest absolute Gasteiger partial charge is 0.304 e. The second kappa shape index (κ2) is 15.8. The fourth-order valence-corrected chi connectivity index (χ4v) is 4.04. The molecule has 1 aliphatic heterocycles. The van der Waals surface area contributed by atoms with Crippen LogP contribution in [0.2, 0.25) is 0 Å². The fraction of sp³-hybridized carbons (Fsp3) is 0.952. The van der Waals surface area contributed by atoms with Gasteiger partial charge in [0.2, 0.25) is 6.29 Å². The van der Waals surface area contributed by atoms with Crippen LogP contribution in [-0.4, -0.2) is 61.4 Å². The lowest BCUT2D eigenvalue weighted by Crippen LogP contribution is -2.59. The highest BCUT2D eigenvalue weighted by Crippen LogP contribution is 2.33. The summed E-state index contributed by atoms with van der Waals surface area (Å²) >= 11 is 2.31. The van der Waals surface area contributed by atoms with E-state index in [-0.39, 0.29) is 30.2 Å². The first-order chi connectivity index (χ1) is 13.6. The maximum absolute atomic E-state index is 11.6. The van der Waals surface area contributed by atoms with E-state index in [1.165, 1.54) is 6.92 Å². The van der Waals surface area contributed by atoms with Crippen LogP contribution in [0, 0.1) is 5.92 Å². The second-order valence-electron chi connectivity index (χ2n) is 7.28. The predicted octanol–water partition coefficient (Wildman–Crippen LogP) is 4.51. The van der Waals surface area contributed by atoms with Gasteiger partial charge in [-0.2, -0.15) is 0 Å². The third-order valence-electron chi connectivity index (χ3n) is 4.77. The number of carbonyl (C=O) groups excluding carboxylic acids is 1. The van der Waals surface area contributed by atoms with Crippen LogP contribution < -0.4 is 0 Å². The van der Waals surface area contributed by atoms with Crippen molar-refractivity contribution in [2.75, 3.05) is 30.9 Å². The first-order valence-corrected chi connectivity index (χ1v) is 12.3. The summed E-state index contributed by atoms with van der Waals surface area (Å²) in [7, 11) is 0. The molecule has 0 amide bonds. The standard InChI is InChI=1S/C21H39IO6/c1-5-8-11-24-15-18-20(26-13-10-7-3)19(25-12-9-6-2)17(14-22)21(28-18)27-16(4)23/h17-21H,5-15H2,1-4H3/t17-,18-,19-,20+,21?/m1/s1. The van der Waals surface area contributed by atoms with Crippen molar-refractivity contribution in [3.63, 3.8) is 0 Å². The summed E-state index contributed by atoms with van der Waals surface area (Å²) in [4.78, 5) is 11.6. The molecule has 0 radical (unpaired) electrons. The molecule has 0 bridgehead atoms. The second-order valence-corrected chi connectivity index (χ2v) is 8.16. The zero-order valence-electron chi connectivity index (χ0n) is 18.0. The van der Waals surface area contributed by atoms with Gasteiger partial charge in [-0.15, -0.1) is 0 Å². The molecule has 28 heavy (non-hydrogen) atoms. The molecule has 0 aliphatic carbocycles. The summed E-state index contributed by atoms with van der Waals surface area (Å²) in [6.45, 7) is 10.3. The number of carbonyl (C=O) groups is 1. The van der Waals surface area contributed by atoms with E-state index in [9.17, 15) is 4.79 Å². The Hall–Kier alpha value is 0.0400. The van der Waals surface area contributed by atoms with E-state index in [0.29, 0.717) is 26.4 Å². The quantitative estimate of drug-likeness (QED) is 0.139. The van der Waals surface area contributed by atoms with E-state index >= 15 is 0 Å². The Morgan fingerprint density at radius 2 is 1.50 bits per heavy atom. The Bertz CT molecular complexity index is 408. The summed E-state index contributed by atoms with van der Waals surface area (Å²) in [6.07, 6.45) is 4.85. The first kappa shape index (κ1) is 26.1. The Balaban J connectivity index is 2.95. The van der Waals surface area contributed by atoms with Gasteiger partial charge in [0.05, 0.1) is 18.6 Å². The van der Waals surface area contributed by atoms with Gasteiger partial charge in [0.1, 0.15) is 12.2 Å². The van der Waals surface area contributed by atoms with Crippen molar-refractivity contribution in [2.45, 2.75) is 90.8 Å². The molecule has 5 atom stereocenters. The van der Waals surface area contributed by atoms with Gasteiger partial charge in [-0.25, -0.2) is 0 Å². The zero-order valence-corrected chi connectivity index (χ0v) is 20.1. The van der Waals surface area contributed by atoms with Crippen LogP contribution in [0.1, 0.15) is 66.2 Å². The summed E-state index contributed by atoms with van der Waals surface area (Å²) in [6, 6.07) is 0. The van der Waals surface area contributed by atoms with Crippen LogP contribution in [0.25, 0.3) is 0 Å². The molecule has 0 aromatic rings. The van der Waals surface area contributed by atoms with Gasteiger partial charge < -0.3 is 23.7 Å². The van der Waals surface area contributed by atoms with Gasteiger partial charge in [0, 0.05) is 31.2 Å². The summed E-state index contributed by atoms with van der Waals surface area (Å²) in [5.74, 6) is -0.414. The molecule has 166 valence electrons. The molecule has 6 nitrogen and oxygen atoms in total. The van der Waals surface area contributed by atoms with Crippen molar-refractivity contribution in [2.24, 2.45) is 5.92 Å². The van der Waals surface area contributed by atoms with Crippen molar-refractivity contribution in [3.05, 3.63) is 0 Å². The molecule has 7 heteroatoms. The van der Waals surface area contributed by atoms with Crippen molar-refractivity contribution in [3.8, 4) is 0 Å². The van der Waals surface area contributed by atoms with Gasteiger partial charge in [0.15, 0.2) is 0 Å². The van der Waals surface area contributed by atoms with Gasteiger partial charge in [-0.05, 0) is 19.3 Å².